The third-order valence-corrected chi connectivity index (χ3v) is 5.13. The molecule has 0 N–H and O–H groups in total. The van der Waals surface area contributed by atoms with Crippen LogP contribution in [0.4, 0.5) is 13.2 Å². The summed E-state index contributed by atoms with van der Waals surface area (Å²) in [6, 6.07) is 0.818. The van der Waals surface area contributed by atoms with E-state index in [0.717, 1.165) is 36.9 Å². The van der Waals surface area contributed by atoms with E-state index in [1.54, 1.807) is 11.8 Å². The molecule has 1 aliphatic heterocycles. The molecule has 1 saturated heterocycles. The van der Waals surface area contributed by atoms with Crippen LogP contribution in [0.3, 0.4) is 0 Å². The van der Waals surface area contributed by atoms with Crippen LogP contribution in [0, 0.1) is 0 Å². The Kier molecular flexibility index (Phi) is 4.65. The van der Waals surface area contributed by atoms with Gasteiger partial charge in [-0.1, -0.05) is 23.4 Å². The van der Waals surface area contributed by atoms with Gasteiger partial charge in [0.15, 0.2) is 10.8 Å². The Balaban J connectivity index is 1.89. The first-order chi connectivity index (χ1) is 11.3. The topological polar surface area (TPSA) is 50.5 Å². The maximum atomic E-state index is 12.9. The van der Waals surface area contributed by atoms with Gasteiger partial charge in [-0.2, -0.15) is 13.2 Å². The van der Waals surface area contributed by atoms with E-state index in [2.05, 4.69) is 10.2 Å². The van der Waals surface area contributed by atoms with Crippen LogP contribution < -0.4 is 0 Å². The molecule has 0 radical (unpaired) electrons. The molecule has 1 atom stereocenters. The minimum atomic E-state index is -4.53. The molecule has 24 heavy (non-hydrogen) atoms. The van der Waals surface area contributed by atoms with E-state index in [-0.39, 0.29) is 21.7 Å². The highest BCUT2D eigenvalue weighted by Gasteiger charge is 2.33. The van der Waals surface area contributed by atoms with Crippen molar-refractivity contribution in [2.24, 2.45) is 0 Å². The number of hydrogen-bond donors (Lipinski definition) is 0. The number of carbonyl (C=O) groups is 1. The van der Waals surface area contributed by atoms with Gasteiger partial charge in [0, 0.05) is 19.3 Å². The van der Waals surface area contributed by atoms with Gasteiger partial charge in [-0.15, -0.1) is 10.2 Å². The van der Waals surface area contributed by atoms with Crippen LogP contribution in [0.15, 0.2) is 17.4 Å². The molecular formula is C14H14ClF3N4OS. The van der Waals surface area contributed by atoms with E-state index in [9.17, 15) is 18.0 Å². The number of likely N-dealkylation sites (tertiary alicyclic amines) is 1. The normalized spacial score (nSPS) is 16.8. The average Bonchev–Trinajstić information content (AvgIpc) is 3.16. The summed E-state index contributed by atoms with van der Waals surface area (Å²) in [7, 11) is 0. The molecule has 0 aromatic carbocycles. The zero-order chi connectivity index (χ0) is 17.5. The number of rotatable bonds is 3. The number of thioether (sulfide) groups is 1. The highest BCUT2D eigenvalue weighted by Crippen LogP contribution is 2.34. The summed E-state index contributed by atoms with van der Waals surface area (Å²) in [5.74, 6) is -0.0488. The van der Waals surface area contributed by atoms with Crippen molar-refractivity contribution in [1.29, 1.82) is 0 Å². The largest absolute Gasteiger partial charge is 0.417 e. The van der Waals surface area contributed by atoms with Crippen LogP contribution in [-0.2, 0) is 11.0 Å². The van der Waals surface area contributed by atoms with Crippen molar-refractivity contribution in [3.05, 3.63) is 22.8 Å². The lowest BCUT2D eigenvalue weighted by Crippen LogP contribution is -2.34. The maximum absolute atomic E-state index is 12.9. The molecule has 1 aliphatic rings. The number of hydrogen-bond acceptors (Lipinski definition) is 4. The highest BCUT2D eigenvalue weighted by molar-refractivity contribution is 8.00. The molecule has 3 heterocycles. The summed E-state index contributed by atoms with van der Waals surface area (Å²) < 4.78 is 40.0. The van der Waals surface area contributed by atoms with Crippen molar-refractivity contribution in [2.75, 3.05) is 13.1 Å². The summed E-state index contributed by atoms with van der Waals surface area (Å²) in [5, 5.41) is 7.30. The number of carbonyl (C=O) groups excluding carboxylic acids is 1. The molecule has 1 fully saturated rings. The second-order valence-electron chi connectivity index (χ2n) is 5.54. The minimum absolute atomic E-state index is 0.0488. The van der Waals surface area contributed by atoms with E-state index in [1.807, 2.05) is 0 Å². The first-order valence-corrected chi connectivity index (χ1v) is 8.60. The monoisotopic (exact) mass is 378 g/mol. The van der Waals surface area contributed by atoms with E-state index in [4.69, 9.17) is 11.6 Å². The van der Waals surface area contributed by atoms with Gasteiger partial charge in [-0.25, -0.2) is 0 Å². The second kappa shape index (κ2) is 6.44. The van der Waals surface area contributed by atoms with Crippen LogP contribution in [0.5, 0.6) is 0 Å². The fraction of sp³-hybridized carbons (Fsp3) is 0.500. The van der Waals surface area contributed by atoms with Crippen molar-refractivity contribution in [1.82, 2.24) is 19.5 Å². The predicted octanol–water partition coefficient (Wildman–Crippen LogP) is 3.50. The Bertz CT molecular complexity index is 773. The van der Waals surface area contributed by atoms with Crippen molar-refractivity contribution in [3.63, 3.8) is 0 Å². The summed E-state index contributed by atoms with van der Waals surface area (Å²) in [5.41, 5.74) is -0.756. The molecule has 0 saturated carbocycles. The highest BCUT2D eigenvalue weighted by atomic mass is 35.5. The van der Waals surface area contributed by atoms with E-state index in [0.29, 0.717) is 13.1 Å². The molecule has 1 unspecified atom stereocenters. The van der Waals surface area contributed by atoms with Crippen LogP contribution >= 0.6 is 23.4 Å². The lowest BCUT2D eigenvalue weighted by atomic mass is 10.3. The van der Waals surface area contributed by atoms with Crippen LogP contribution in [0.25, 0.3) is 5.65 Å². The summed E-state index contributed by atoms with van der Waals surface area (Å²) >= 11 is 6.95. The Labute approximate surface area is 145 Å². The van der Waals surface area contributed by atoms with Gasteiger partial charge in [0.25, 0.3) is 0 Å². The fourth-order valence-electron chi connectivity index (χ4n) is 2.57. The van der Waals surface area contributed by atoms with Gasteiger partial charge < -0.3 is 4.90 Å². The number of alkyl halides is 3. The molecule has 130 valence electrons. The number of amides is 1. The first-order valence-electron chi connectivity index (χ1n) is 7.34. The van der Waals surface area contributed by atoms with Crippen LogP contribution in [0.2, 0.25) is 5.02 Å². The zero-order valence-electron chi connectivity index (χ0n) is 12.7. The Hall–Kier alpha value is -1.48. The second-order valence-corrected chi connectivity index (χ2v) is 7.26. The van der Waals surface area contributed by atoms with Gasteiger partial charge in [0.1, 0.15) is 0 Å². The molecule has 0 bridgehead atoms. The van der Waals surface area contributed by atoms with Crippen LogP contribution in [-0.4, -0.2) is 43.7 Å². The van der Waals surface area contributed by atoms with Crippen molar-refractivity contribution in [3.8, 4) is 0 Å². The molecule has 2 aromatic heterocycles. The maximum Gasteiger partial charge on any atom is 0.417 e. The predicted molar refractivity (Wildman–Crippen MR) is 84.1 cm³/mol. The van der Waals surface area contributed by atoms with Gasteiger partial charge in [0.05, 0.1) is 15.8 Å². The van der Waals surface area contributed by atoms with Gasteiger partial charge in [-0.3, -0.25) is 9.20 Å². The van der Waals surface area contributed by atoms with Crippen molar-refractivity contribution < 1.29 is 18.0 Å². The lowest BCUT2D eigenvalue weighted by molar-refractivity contribution is -0.138. The molecule has 1 amide bonds. The number of nitrogens with zero attached hydrogens (tertiary/aromatic N) is 4. The summed E-state index contributed by atoms with van der Waals surface area (Å²) in [6.07, 6.45) is -1.68. The Morgan fingerprint density at radius 2 is 2.00 bits per heavy atom. The van der Waals surface area contributed by atoms with E-state index < -0.39 is 17.0 Å². The molecular weight excluding hydrogens is 365 g/mol. The summed E-state index contributed by atoms with van der Waals surface area (Å²) in [6.45, 7) is 3.14. The first kappa shape index (κ1) is 17.3. The molecule has 2 aromatic rings. The fourth-order valence-corrected chi connectivity index (χ4v) is 3.73. The van der Waals surface area contributed by atoms with Crippen molar-refractivity contribution >= 4 is 34.9 Å². The Morgan fingerprint density at radius 1 is 1.33 bits per heavy atom. The SMILES string of the molecule is CC(Sc1nnc2c(Cl)cc(C(F)(F)F)cn12)C(=O)N1CCCC1. The Morgan fingerprint density at radius 3 is 2.62 bits per heavy atom. The molecule has 3 rings (SSSR count). The van der Waals surface area contributed by atoms with Gasteiger partial charge in [-0.05, 0) is 25.8 Å². The lowest BCUT2D eigenvalue weighted by Gasteiger charge is -2.19. The molecule has 0 spiro atoms. The van der Waals surface area contributed by atoms with Gasteiger partial charge in [0.2, 0.25) is 5.91 Å². The number of pyridine rings is 1. The van der Waals surface area contributed by atoms with Crippen LogP contribution in [0.1, 0.15) is 25.3 Å². The van der Waals surface area contributed by atoms with Crippen molar-refractivity contribution in [2.45, 2.75) is 36.3 Å². The van der Waals surface area contributed by atoms with E-state index >= 15 is 0 Å². The average molecular weight is 379 g/mol. The molecule has 10 heteroatoms. The zero-order valence-corrected chi connectivity index (χ0v) is 14.3. The summed E-state index contributed by atoms with van der Waals surface area (Å²) in [4.78, 5) is 14.1. The van der Waals surface area contributed by atoms with E-state index in [1.165, 1.54) is 4.40 Å². The quantitative estimate of drug-likeness (QED) is 0.767. The number of fused-ring (bicyclic) bond motifs is 1. The standard InChI is InChI=1S/C14H14ClF3N4OS/c1-8(12(23)21-4-2-3-5-21)24-13-20-19-11-10(15)6-9(7-22(11)13)14(16,17)18/h6-8H,2-5H2,1H3. The third kappa shape index (κ3) is 3.32. The third-order valence-electron chi connectivity index (χ3n) is 3.80. The smallest absolute Gasteiger partial charge is 0.342 e. The van der Waals surface area contributed by atoms with Gasteiger partial charge >= 0.3 is 6.18 Å². The minimum Gasteiger partial charge on any atom is -0.342 e. The number of halogens is 4. The molecule has 5 nitrogen and oxygen atoms in total. The molecule has 0 aliphatic carbocycles. The number of aromatic nitrogens is 3.